The number of fused-ring (bicyclic) bond motifs is 1. The van der Waals surface area contributed by atoms with Crippen molar-refractivity contribution in [2.75, 3.05) is 7.05 Å². The highest BCUT2D eigenvalue weighted by atomic mass is 35.5. The third kappa shape index (κ3) is 2.79. The minimum absolute atomic E-state index is 0.0215. The zero-order valence-electron chi connectivity index (χ0n) is 10.2. The molecule has 2 rings (SSSR count). The van der Waals surface area contributed by atoms with Gasteiger partial charge in [0.15, 0.2) is 0 Å². The summed E-state index contributed by atoms with van der Waals surface area (Å²) < 4.78 is 37.8. The van der Waals surface area contributed by atoms with Crippen LogP contribution in [0, 0.1) is 0 Å². The van der Waals surface area contributed by atoms with Gasteiger partial charge in [-0.25, -0.2) is 9.97 Å². The van der Waals surface area contributed by atoms with E-state index in [-0.39, 0.29) is 16.6 Å². The molecule has 0 aliphatic rings. The van der Waals surface area contributed by atoms with E-state index in [1.807, 2.05) is 6.92 Å². The molecule has 0 fully saturated rings. The van der Waals surface area contributed by atoms with E-state index in [1.54, 1.807) is 7.05 Å². The smallest absolute Gasteiger partial charge is 0.311 e. The molecule has 0 radical (unpaired) electrons. The maximum Gasteiger partial charge on any atom is 0.416 e. The Labute approximate surface area is 112 Å². The number of nitrogens with one attached hydrogen (secondary N) is 1. The Kier molecular flexibility index (Phi) is 3.64. The molecule has 0 aliphatic carbocycles. The summed E-state index contributed by atoms with van der Waals surface area (Å²) in [6.07, 6.45) is -4.41. The van der Waals surface area contributed by atoms with Crippen molar-refractivity contribution in [3.8, 4) is 0 Å². The molecule has 1 heterocycles. The molecule has 0 bridgehead atoms. The zero-order valence-corrected chi connectivity index (χ0v) is 11.0. The SMILES string of the molecule is CNC(C)c1nc(Cl)c2cc(C(F)(F)F)ccc2n1. The molecule has 1 aromatic carbocycles. The topological polar surface area (TPSA) is 37.8 Å². The summed E-state index contributed by atoms with van der Waals surface area (Å²) in [5.74, 6) is 0.444. The van der Waals surface area contributed by atoms with E-state index in [4.69, 9.17) is 11.6 Å². The van der Waals surface area contributed by atoms with Crippen LogP contribution in [0.1, 0.15) is 24.4 Å². The van der Waals surface area contributed by atoms with Crippen molar-refractivity contribution in [2.24, 2.45) is 0 Å². The Balaban J connectivity index is 2.60. The molecule has 0 amide bonds. The highest BCUT2D eigenvalue weighted by molar-refractivity contribution is 6.34. The van der Waals surface area contributed by atoms with E-state index >= 15 is 0 Å². The summed E-state index contributed by atoms with van der Waals surface area (Å²) >= 11 is 5.94. The van der Waals surface area contributed by atoms with Crippen LogP contribution >= 0.6 is 11.6 Å². The van der Waals surface area contributed by atoms with Gasteiger partial charge in [-0.3, -0.25) is 0 Å². The summed E-state index contributed by atoms with van der Waals surface area (Å²) in [5.41, 5.74) is -0.370. The van der Waals surface area contributed by atoms with Gasteiger partial charge in [0.1, 0.15) is 11.0 Å². The molecule has 1 atom stereocenters. The fraction of sp³-hybridized carbons (Fsp3) is 0.333. The van der Waals surface area contributed by atoms with Crippen molar-refractivity contribution in [2.45, 2.75) is 19.1 Å². The molecule has 0 spiro atoms. The maximum absolute atomic E-state index is 12.6. The fourth-order valence-electron chi connectivity index (χ4n) is 1.61. The first kappa shape index (κ1) is 14.0. The van der Waals surface area contributed by atoms with Crippen molar-refractivity contribution in [3.05, 3.63) is 34.7 Å². The highest BCUT2D eigenvalue weighted by Crippen LogP contribution is 2.32. The molecule has 1 N–H and O–H groups in total. The van der Waals surface area contributed by atoms with Crippen LogP contribution in [0.25, 0.3) is 10.9 Å². The van der Waals surface area contributed by atoms with Crippen LogP contribution < -0.4 is 5.32 Å². The first-order chi connectivity index (χ1) is 8.82. The van der Waals surface area contributed by atoms with Crippen LogP contribution in [0.5, 0.6) is 0 Å². The second kappa shape index (κ2) is 4.94. The first-order valence-corrected chi connectivity index (χ1v) is 5.92. The average molecular weight is 290 g/mol. The number of benzene rings is 1. The summed E-state index contributed by atoms with van der Waals surface area (Å²) in [7, 11) is 1.73. The number of halogens is 4. The highest BCUT2D eigenvalue weighted by Gasteiger charge is 2.30. The van der Waals surface area contributed by atoms with E-state index in [0.29, 0.717) is 11.3 Å². The zero-order chi connectivity index (χ0) is 14.2. The lowest BCUT2D eigenvalue weighted by Gasteiger charge is -2.12. The minimum atomic E-state index is -4.41. The van der Waals surface area contributed by atoms with Gasteiger partial charge in [0.05, 0.1) is 17.1 Å². The van der Waals surface area contributed by atoms with Gasteiger partial charge in [0.2, 0.25) is 0 Å². The van der Waals surface area contributed by atoms with Gasteiger partial charge in [-0.15, -0.1) is 0 Å². The van der Waals surface area contributed by atoms with Gasteiger partial charge < -0.3 is 5.32 Å². The fourth-order valence-corrected chi connectivity index (χ4v) is 1.85. The van der Waals surface area contributed by atoms with Crippen molar-refractivity contribution >= 4 is 22.5 Å². The van der Waals surface area contributed by atoms with E-state index in [0.717, 1.165) is 12.1 Å². The first-order valence-electron chi connectivity index (χ1n) is 5.54. The van der Waals surface area contributed by atoms with Gasteiger partial charge >= 0.3 is 6.18 Å². The molecule has 1 unspecified atom stereocenters. The van der Waals surface area contributed by atoms with Crippen LogP contribution in [0.4, 0.5) is 13.2 Å². The number of alkyl halides is 3. The molecule has 2 aromatic rings. The Bertz CT molecular complexity index is 613. The van der Waals surface area contributed by atoms with Crippen LogP contribution in [0.2, 0.25) is 5.15 Å². The van der Waals surface area contributed by atoms with E-state index < -0.39 is 11.7 Å². The van der Waals surface area contributed by atoms with Gasteiger partial charge in [-0.2, -0.15) is 13.2 Å². The Hall–Kier alpha value is -1.40. The number of nitrogens with zero attached hydrogens (tertiary/aromatic N) is 2. The van der Waals surface area contributed by atoms with Gasteiger partial charge in [-0.1, -0.05) is 11.6 Å². The average Bonchev–Trinajstić information content (AvgIpc) is 2.36. The number of hydrogen-bond acceptors (Lipinski definition) is 3. The summed E-state index contributed by atoms with van der Waals surface area (Å²) in [4.78, 5) is 8.22. The van der Waals surface area contributed by atoms with E-state index in [2.05, 4.69) is 15.3 Å². The lowest BCUT2D eigenvalue weighted by molar-refractivity contribution is -0.137. The van der Waals surface area contributed by atoms with Crippen LogP contribution in [-0.4, -0.2) is 17.0 Å². The molecular weight excluding hydrogens is 279 g/mol. The predicted octanol–water partition coefficient (Wildman–Crippen LogP) is 3.58. The lowest BCUT2D eigenvalue weighted by atomic mass is 10.1. The van der Waals surface area contributed by atoms with E-state index in [9.17, 15) is 13.2 Å². The molecular formula is C12H11ClF3N3. The molecule has 19 heavy (non-hydrogen) atoms. The van der Waals surface area contributed by atoms with Crippen LogP contribution in [0.3, 0.4) is 0 Å². The molecule has 0 saturated heterocycles. The third-order valence-corrected chi connectivity index (χ3v) is 3.10. The number of aromatic nitrogens is 2. The van der Waals surface area contributed by atoms with Crippen molar-refractivity contribution in [1.82, 2.24) is 15.3 Å². The van der Waals surface area contributed by atoms with Gasteiger partial charge in [-0.05, 0) is 32.2 Å². The lowest BCUT2D eigenvalue weighted by Crippen LogP contribution is -2.15. The molecule has 1 aromatic heterocycles. The minimum Gasteiger partial charge on any atom is -0.311 e. The maximum atomic E-state index is 12.6. The van der Waals surface area contributed by atoms with E-state index in [1.165, 1.54) is 6.07 Å². The Morgan fingerprint density at radius 1 is 1.26 bits per heavy atom. The Morgan fingerprint density at radius 3 is 2.53 bits per heavy atom. The van der Waals surface area contributed by atoms with Crippen molar-refractivity contribution < 1.29 is 13.2 Å². The Morgan fingerprint density at radius 2 is 1.95 bits per heavy atom. The van der Waals surface area contributed by atoms with Crippen LogP contribution in [-0.2, 0) is 6.18 Å². The molecule has 3 nitrogen and oxygen atoms in total. The summed E-state index contributed by atoms with van der Waals surface area (Å²) in [5, 5.41) is 3.16. The number of hydrogen-bond donors (Lipinski definition) is 1. The summed E-state index contributed by atoms with van der Waals surface area (Å²) in [6, 6.07) is 3.12. The normalized spacial score (nSPS) is 13.8. The standard InChI is InChI=1S/C12H11ClF3N3/c1-6(17-2)11-18-9-4-3-7(12(14,15)16)5-8(9)10(13)19-11/h3-6,17H,1-2H3. The van der Waals surface area contributed by atoms with Gasteiger partial charge in [0.25, 0.3) is 0 Å². The predicted molar refractivity (Wildman–Crippen MR) is 67.0 cm³/mol. The molecule has 0 saturated carbocycles. The molecule has 102 valence electrons. The summed E-state index contributed by atoms with van der Waals surface area (Å²) in [6.45, 7) is 1.83. The molecule has 7 heteroatoms. The monoisotopic (exact) mass is 289 g/mol. The number of rotatable bonds is 2. The second-order valence-electron chi connectivity index (χ2n) is 4.11. The largest absolute Gasteiger partial charge is 0.416 e. The van der Waals surface area contributed by atoms with Crippen molar-refractivity contribution in [3.63, 3.8) is 0 Å². The van der Waals surface area contributed by atoms with Crippen molar-refractivity contribution in [1.29, 1.82) is 0 Å². The van der Waals surface area contributed by atoms with Gasteiger partial charge in [0, 0.05) is 5.39 Å². The second-order valence-corrected chi connectivity index (χ2v) is 4.47. The molecule has 0 aliphatic heterocycles. The third-order valence-electron chi connectivity index (χ3n) is 2.81. The van der Waals surface area contributed by atoms with Crippen LogP contribution in [0.15, 0.2) is 18.2 Å². The quantitative estimate of drug-likeness (QED) is 0.859.